The molecule has 0 radical (unpaired) electrons. The molecule has 5 rings (SSSR count). The zero-order chi connectivity index (χ0) is 22.3. The van der Waals surface area contributed by atoms with E-state index >= 15 is 0 Å². The second kappa shape index (κ2) is 7.67. The summed E-state index contributed by atoms with van der Waals surface area (Å²) >= 11 is 0. The lowest BCUT2D eigenvalue weighted by Crippen LogP contribution is -2.44. The van der Waals surface area contributed by atoms with E-state index in [-0.39, 0.29) is 12.6 Å². The van der Waals surface area contributed by atoms with Gasteiger partial charge in [-0.15, -0.1) is 0 Å². The maximum Gasteiger partial charge on any atom is 0.325 e. The van der Waals surface area contributed by atoms with Crippen LogP contribution in [0.5, 0.6) is 5.75 Å². The van der Waals surface area contributed by atoms with Crippen LogP contribution in [0.15, 0.2) is 66.7 Å². The predicted octanol–water partition coefficient (Wildman–Crippen LogP) is 3.25. The number of para-hydroxylation sites is 1. The van der Waals surface area contributed by atoms with Crippen molar-refractivity contribution in [1.29, 1.82) is 0 Å². The molecule has 3 aromatic rings. The molecule has 2 atom stereocenters. The Labute approximate surface area is 185 Å². The summed E-state index contributed by atoms with van der Waals surface area (Å²) in [6, 6.07) is 20.2. The van der Waals surface area contributed by atoms with E-state index < -0.39 is 23.4 Å². The molecular weight excluding hydrogens is 406 g/mol. The second-order valence-corrected chi connectivity index (χ2v) is 8.30. The minimum Gasteiger partial charge on any atom is -0.493 e. The molecular formula is C25H23N3O4. The number of nitrogens with one attached hydrogen (secondary N) is 2. The number of hydrogen-bond acceptors (Lipinski definition) is 4. The van der Waals surface area contributed by atoms with Crippen molar-refractivity contribution in [2.75, 3.05) is 13.2 Å². The molecule has 0 unspecified atom stereocenters. The van der Waals surface area contributed by atoms with Gasteiger partial charge in [-0.25, -0.2) is 4.79 Å². The fraction of sp³-hybridized carbons (Fsp3) is 0.240. The van der Waals surface area contributed by atoms with Crippen LogP contribution in [0.25, 0.3) is 10.8 Å². The number of carbonyl (C=O) groups is 3. The van der Waals surface area contributed by atoms with Crippen molar-refractivity contribution in [3.63, 3.8) is 0 Å². The Balaban J connectivity index is 1.33. The summed E-state index contributed by atoms with van der Waals surface area (Å²) in [5.74, 6) is -0.0961. The smallest absolute Gasteiger partial charge is 0.325 e. The molecule has 0 aromatic heterocycles. The van der Waals surface area contributed by atoms with Crippen LogP contribution in [0, 0.1) is 0 Å². The van der Waals surface area contributed by atoms with E-state index in [2.05, 4.69) is 10.6 Å². The van der Waals surface area contributed by atoms with E-state index in [1.54, 1.807) is 6.92 Å². The maximum absolute atomic E-state index is 13.2. The standard InChI is InChI=1S/C25H23N3O4/c1-25(18-11-10-16-6-2-3-7-17(16)14-18)23(30)28(24(31)27-25)15-22(29)26-20-12-13-32-21-9-5-4-8-19(20)21/h2-11,14,20H,12-13,15H2,1H3,(H,26,29)(H,27,31)/t20-,25-/m1/s1. The number of imide groups is 1. The molecule has 0 spiro atoms. The molecule has 1 fully saturated rings. The summed E-state index contributed by atoms with van der Waals surface area (Å²) in [5.41, 5.74) is 0.341. The minimum atomic E-state index is -1.23. The average molecular weight is 429 g/mol. The van der Waals surface area contributed by atoms with Crippen molar-refractivity contribution in [1.82, 2.24) is 15.5 Å². The molecule has 3 aromatic carbocycles. The zero-order valence-corrected chi connectivity index (χ0v) is 17.6. The Hall–Kier alpha value is -3.87. The Morgan fingerprint density at radius 2 is 1.84 bits per heavy atom. The van der Waals surface area contributed by atoms with E-state index in [0.717, 1.165) is 27.0 Å². The highest BCUT2D eigenvalue weighted by Crippen LogP contribution is 2.33. The van der Waals surface area contributed by atoms with Gasteiger partial charge in [-0.05, 0) is 35.4 Å². The van der Waals surface area contributed by atoms with Crippen LogP contribution in [0.2, 0.25) is 0 Å². The topological polar surface area (TPSA) is 87.7 Å². The van der Waals surface area contributed by atoms with Crippen LogP contribution < -0.4 is 15.4 Å². The highest BCUT2D eigenvalue weighted by Gasteiger charge is 2.49. The molecule has 4 amide bonds. The highest BCUT2D eigenvalue weighted by molar-refractivity contribution is 6.09. The van der Waals surface area contributed by atoms with Crippen LogP contribution in [0.4, 0.5) is 4.79 Å². The molecule has 0 aliphatic carbocycles. The van der Waals surface area contributed by atoms with Crippen molar-refractivity contribution in [2.24, 2.45) is 0 Å². The third kappa shape index (κ3) is 3.36. The van der Waals surface area contributed by atoms with Crippen LogP contribution in [0.1, 0.15) is 30.5 Å². The maximum atomic E-state index is 13.2. The number of nitrogens with zero attached hydrogens (tertiary/aromatic N) is 1. The van der Waals surface area contributed by atoms with Crippen molar-refractivity contribution in [3.8, 4) is 5.75 Å². The van der Waals surface area contributed by atoms with Gasteiger partial charge in [0.25, 0.3) is 5.91 Å². The van der Waals surface area contributed by atoms with Crippen LogP contribution >= 0.6 is 0 Å². The third-order valence-corrected chi connectivity index (χ3v) is 6.20. The normalized spacial score (nSPS) is 22.3. The first-order valence-electron chi connectivity index (χ1n) is 10.6. The molecule has 2 aliphatic rings. The summed E-state index contributed by atoms with van der Waals surface area (Å²) in [6.07, 6.45) is 0.623. The number of amides is 4. The molecule has 0 bridgehead atoms. The van der Waals surface area contributed by atoms with Gasteiger partial charge in [0.1, 0.15) is 17.8 Å². The number of ether oxygens (including phenoxy) is 1. The predicted molar refractivity (Wildman–Crippen MR) is 119 cm³/mol. The Morgan fingerprint density at radius 3 is 2.69 bits per heavy atom. The van der Waals surface area contributed by atoms with Crippen molar-refractivity contribution >= 4 is 28.6 Å². The summed E-state index contributed by atoms with van der Waals surface area (Å²) in [6.45, 7) is 1.82. The van der Waals surface area contributed by atoms with Gasteiger partial charge in [-0.1, -0.05) is 54.6 Å². The quantitative estimate of drug-likeness (QED) is 0.624. The number of fused-ring (bicyclic) bond motifs is 2. The summed E-state index contributed by atoms with van der Waals surface area (Å²) in [5, 5.41) is 7.74. The first-order chi connectivity index (χ1) is 15.5. The minimum absolute atomic E-state index is 0.222. The highest BCUT2D eigenvalue weighted by atomic mass is 16.5. The van der Waals surface area contributed by atoms with E-state index in [1.165, 1.54) is 0 Å². The van der Waals surface area contributed by atoms with Gasteiger partial charge in [0.05, 0.1) is 12.6 Å². The largest absolute Gasteiger partial charge is 0.493 e. The Kier molecular flexibility index (Phi) is 4.81. The molecule has 32 heavy (non-hydrogen) atoms. The SMILES string of the molecule is C[C@]1(c2ccc3ccccc3c2)NC(=O)N(CC(=O)N[C@@H]2CCOc3ccccc32)C1=O. The fourth-order valence-electron chi connectivity index (χ4n) is 4.41. The van der Waals surface area contributed by atoms with Crippen LogP contribution in [0.3, 0.4) is 0 Å². The lowest BCUT2D eigenvalue weighted by molar-refractivity contribution is -0.135. The Morgan fingerprint density at radius 1 is 1.09 bits per heavy atom. The average Bonchev–Trinajstić information content (AvgIpc) is 3.03. The third-order valence-electron chi connectivity index (χ3n) is 6.20. The molecule has 2 heterocycles. The van der Waals surface area contributed by atoms with Gasteiger partial charge < -0.3 is 15.4 Å². The summed E-state index contributed by atoms with van der Waals surface area (Å²) in [4.78, 5) is 39.6. The number of benzene rings is 3. The van der Waals surface area contributed by atoms with Crippen molar-refractivity contribution < 1.29 is 19.1 Å². The zero-order valence-electron chi connectivity index (χ0n) is 17.6. The van der Waals surface area contributed by atoms with E-state index in [4.69, 9.17) is 4.74 Å². The molecule has 0 saturated carbocycles. The molecule has 2 N–H and O–H groups in total. The number of rotatable bonds is 4. The summed E-state index contributed by atoms with van der Waals surface area (Å²) in [7, 11) is 0. The Bertz CT molecular complexity index is 1240. The van der Waals surface area contributed by atoms with Crippen molar-refractivity contribution in [2.45, 2.75) is 24.9 Å². The number of hydrogen-bond donors (Lipinski definition) is 2. The van der Waals surface area contributed by atoms with Gasteiger partial charge >= 0.3 is 6.03 Å². The van der Waals surface area contributed by atoms with E-state index in [0.29, 0.717) is 18.6 Å². The molecule has 2 aliphatic heterocycles. The second-order valence-electron chi connectivity index (χ2n) is 8.30. The van der Waals surface area contributed by atoms with Crippen LogP contribution in [-0.2, 0) is 15.1 Å². The van der Waals surface area contributed by atoms with Gasteiger partial charge in [-0.2, -0.15) is 0 Å². The first-order valence-corrected chi connectivity index (χ1v) is 10.6. The molecule has 162 valence electrons. The van der Waals surface area contributed by atoms with Crippen LogP contribution in [-0.4, -0.2) is 35.9 Å². The summed E-state index contributed by atoms with van der Waals surface area (Å²) < 4.78 is 5.63. The van der Waals surface area contributed by atoms with E-state index in [9.17, 15) is 14.4 Å². The van der Waals surface area contributed by atoms with Gasteiger partial charge in [0.2, 0.25) is 5.91 Å². The number of urea groups is 1. The molecule has 7 heteroatoms. The lowest BCUT2D eigenvalue weighted by atomic mass is 9.90. The molecule has 1 saturated heterocycles. The van der Waals surface area contributed by atoms with Gasteiger partial charge in [0.15, 0.2) is 0 Å². The van der Waals surface area contributed by atoms with E-state index in [1.807, 2.05) is 66.7 Å². The van der Waals surface area contributed by atoms with Gasteiger partial charge in [-0.3, -0.25) is 14.5 Å². The first kappa shape index (κ1) is 20.1. The monoisotopic (exact) mass is 429 g/mol. The van der Waals surface area contributed by atoms with Crippen molar-refractivity contribution in [3.05, 3.63) is 77.9 Å². The molecule has 7 nitrogen and oxygen atoms in total. The lowest BCUT2D eigenvalue weighted by Gasteiger charge is -2.27. The fourth-order valence-corrected chi connectivity index (χ4v) is 4.41. The number of carbonyl (C=O) groups excluding carboxylic acids is 3. The van der Waals surface area contributed by atoms with Gasteiger partial charge in [0, 0.05) is 12.0 Å².